The van der Waals surface area contributed by atoms with Gasteiger partial charge in [-0.1, -0.05) is 6.07 Å². The first-order chi connectivity index (χ1) is 17.4. The average Bonchev–Trinajstić information content (AvgIpc) is 2.83. The maximum Gasteiger partial charge on any atom is 0.124 e. The fourth-order valence-electron chi connectivity index (χ4n) is 3.65. The second-order valence-electron chi connectivity index (χ2n) is 9.59. The lowest BCUT2D eigenvalue weighted by atomic mass is 10.2. The summed E-state index contributed by atoms with van der Waals surface area (Å²) in [4.78, 5) is -0.373. The van der Waals surface area contributed by atoms with E-state index in [0.717, 1.165) is 72.3 Å². The number of anilines is 4. The summed E-state index contributed by atoms with van der Waals surface area (Å²) >= 11 is 0. The highest BCUT2D eigenvalue weighted by Crippen LogP contribution is 2.20. The van der Waals surface area contributed by atoms with Crippen LogP contribution in [0, 0.1) is 6.92 Å². The predicted octanol–water partition coefficient (Wildman–Crippen LogP) is 3.84. The van der Waals surface area contributed by atoms with Crippen LogP contribution in [-0.4, -0.2) is 62.8 Å². The van der Waals surface area contributed by atoms with Crippen molar-refractivity contribution in [2.45, 2.75) is 24.7 Å². The Labute approximate surface area is 220 Å². The van der Waals surface area contributed by atoms with Gasteiger partial charge in [-0.25, -0.2) is 8.42 Å². The molecule has 0 aliphatic heterocycles. The average molecular weight is 530 g/mol. The third-order valence-corrected chi connectivity index (χ3v) is 6.78. The van der Waals surface area contributed by atoms with Crippen LogP contribution in [0.2, 0.25) is 0 Å². The van der Waals surface area contributed by atoms with Crippen molar-refractivity contribution in [3.63, 3.8) is 0 Å². The molecule has 0 saturated heterocycles. The van der Waals surface area contributed by atoms with E-state index >= 15 is 0 Å². The van der Waals surface area contributed by atoms with Crippen molar-refractivity contribution in [3.05, 3.63) is 72.3 Å². The van der Waals surface area contributed by atoms with Crippen LogP contribution in [-0.2, 0) is 10.1 Å². The van der Waals surface area contributed by atoms with Crippen molar-refractivity contribution in [2.75, 3.05) is 62.4 Å². The summed E-state index contributed by atoms with van der Waals surface area (Å²) < 4.78 is 32.7. The van der Waals surface area contributed by atoms with Crippen LogP contribution in [0.4, 0.5) is 22.7 Å². The van der Waals surface area contributed by atoms with Crippen molar-refractivity contribution in [3.8, 4) is 5.75 Å². The first-order valence-electron chi connectivity index (χ1n) is 12.1. The summed E-state index contributed by atoms with van der Waals surface area (Å²) in [5.74, 6) is -0.227. The molecule has 202 valence electrons. The Bertz CT molecular complexity index is 1160. The number of phenolic OH excluding ortho intramolecular Hbond substituents is 1. The van der Waals surface area contributed by atoms with Gasteiger partial charge in [-0.05, 0) is 73.2 Å². The monoisotopic (exact) mass is 529 g/mol. The number of phenols is 1. The van der Waals surface area contributed by atoms with Crippen LogP contribution in [0.25, 0.3) is 0 Å². The van der Waals surface area contributed by atoms with Crippen LogP contribution in [0.5, 0.6) is 5.75 Å². The maximum absolute atomic E-state index is 10.5. The molecule has 0 heterocycles. The van der Waals surface area contributed by atoms with Gasteiger partial charge in [0, 0.05) is 48.7 Å². The Morgan fingerprint density at radius 1 is 0.811 bits per heavy atom. The van der Waals surface area contributed by atoms with Crippen molar-refractivity contribution in [1.29, 1.82) is 0 Å². The molecule has 0 saturated carbocycles. The SMILES string of the molecule is C[N+](C)(CCCNc1ccc(N)cc1)CCCNc1ccc(N)cc1.Cc1ccc(O)cc1S(=O)(=O)[O-]. The summed E-state index contributed by atoms with van der Waals surface area (Å²) in [6.45, 7) is 5.77. The van der Waals surface area contributed by atoms with E-state index in [9.17, 15) is 13.0 Å². The molecule has 0 unspecified atom stereocenters. The first kappa shape index (κ1) is 29.8. The molecule has 3 aromatic rings. The van der Waals surface area contributed by atoms with E-state index in [0.29, 0.717) is 5.56 Å². The van der Waals surface area contributed by atoms with E-state index < -0.39 is 10.1 Å². The van der Waals surface area contributed by atoms with Crippen LogP contribution in [0.1, 0.15) is 18.4 Å². The van der Waals surface area contributed by atoms with E-state index in [1.165, 1.54) is 19.1 Å². The zero-order valence-corrected chi connectivity index (χ0v) is 22.6. The minimum absolute atomic E-state index is 0.227. The molecule has 0 atom stereocenters. The van der Waals surface area contributed by atoms with Gasteiger partial charge in [0.05, 0.1) is 32.1 Å². The molecule has 37 heavy (non-hydrogen) atoms. The normalized spacial score (nSPS) is 11.4. The lowest BCUT2D eigenvalue weighted by Crippen LogP contribution is -2.42. The van der Waals surface area contributed by atoms with E-state index in [1.807, 2.05) is 48.5 Å². The van der Waals surface area contributed by atoms with E-state index in [-0.39, 0.29) is 10.6 Å². The molecule has 7 N–H and O–H groups in total. The number of hydrogen-bond donors (Lipinski definition) is 5. The molecule has 0 bridgehead atoms. The van der Waals surface area contributed by atoms with Gasteiger partial charge < -0.3 is 36.2 Å². The summed E-state index contributed by atoms with van der Waals surface area (Å²) in [5.41, 5.74) is 15.6. The van der Waals surface area contributed by atoms with E-state index in [1.54, 1.807) is 0 Å². The summed E-state index contributed by atoms with van der Waals surface area (Å²) in [6, 6.07) is 19.5. The zero-order chi connectivity index (χ0) is 27.5. The Balaban J connectivity index is 0.000000335. The predicted molar refractivity (Wildman–Crippen MR) is 151 cm³/mol. The summed E-state index contributed by atoms with van der Waals surface area (Å²) in [5, 5.41) is 15.8. The molecule has 0 fully saturated rings. The van der Waals surface area contributed by atoms with Crippen molar-refractivity contribution < 1.29 is 22.6 Å². The molecular formula is C27H39N5O4S. The third-order valence-electron chi connectivity index (χ3n) is 5.80. The first-order valence-corrected chi connectivity index (χ1v) is 13.5. The summed E-state index contributed by atoms with van der Waals surface area (Å²) in [7, 11) is 0.130. The number of nitrogens with two attached hydrogens (primary N) is 2. The Kier molecular flexibility index (Phi) is 11.0. The number of aryl methyl sites for hydroxylation is 1. The lowest BCUT2D eigenvalue weighted by molar-refractivity contribution is -0.890. The Morgan fingerprint density at radius 3 is 1.62 bits per heavy atom. The molecule has 0 spiro atoms. The highest BCUT2D eigenvalue weighted by atomic mass is 32.2. The van der Waals surface area contributed by atoms with Gasteiger partial charge in [0.2, 0.25) is 0 Å². The summed E-state index contributed by atoms with van der Waals surface area (Å²) in [6.07, 6.45) is 2.28. The van der Waals surface area contributed by atoms with Gasteiger partial charge in [-0.2, -0.15) is 0 Å². The van der Waals surface area contributed by atoms with Crippen molar-refractivity contribution in [1.82, 2.24) is 0 Å². The molecule has 0 amide bonds. The maximum atomic E-state index is 10.5. The number of aromatic hydroxyl groups is 1. The number of hydrogen-bond acceptors (Lipinski definition) is 8. The molecule has 0 aliphatic carbocycles. The largest absolute Gasteiger partial charge is 0.744 e. The second kappa shape index (κ2) is 13.7. The standard InChI is InChI=1S/C20H32N5.C7H8O4S/c1-25(2,15-3-13-23-19-9-5-17(21)6-10-19)16-4-14-24-20-11-7-18(22)8-12-20;1-5-2-3-6(8)4-7(5)12(9,10)11/h5-12,23-24H,3-4,13-16,21-22H2,1-2H3;2-4,8H,1H3,(H,9,10,11)/q+1;/p-1. The number of nitrogen functional groups attached to an aromatic ring is 2. The highest BCUT2D eigenvalue weighted by molar-refractivity contribution is 7.85. The Hall–Kier alpha value is -3.47. The third kappa shape index (κ3) is 11.4. The molecule has 9 nitrogen and oxygen atoms in total. The van der Waals surface area contributed by atoms with Crippen molar-refractivity contribution in [2.24, 2.45) is 0 Å². The molecule has 10 heteroatoms. The van der Waals surface area contributed by atoms with Gasteiger partial charge in [0.25, 0.3) is 0 Å². The molecule has 0 radical (unpaired) electrons. The van der Waals surface area contributed by atoms with Gasteiger partial charge in [-0.15, -0.1) is 0 Å². The number of rotatable bonds is 11. The van der Waals surface area contributed by atoms with Gasteiger partial charge in [0.15, 0.2) is 0 Å². The molecule has 0 aromatic heterocycles. The smallest absolute Gasteiger partial charge is 0.124 e. The molecule has 3 rings (SSSR count). The number of nitrogens with zero attached hydrogens (tertiary/aromatic N) is 1. The zero-order valence-electron chi connectivity index (χ0n) is 21.8. The second-order valence-corrected chi connectivity index (χ2v) is 10.9. The minimum atomic E-state index is -4.47. The van der Waals surface area contributed by atoms with Crippen LogP contribution in [0.15, 0.2) is 71.6 Å². The van der Waals surface area contributed by atoms with Gasteiger partial charge in [-0.3, -0.25) is 0 Å². The van der Waals surface area contributed by atoms with Gasteiger partial charge in [0.1, 0.15) is 15.9 Å². The van der Waals surface area contributed by atoms with Crippen molar-refractivity contribution >= 4 is 32.9 Å². The number of quaternary nitrogens is 1. The van der Waals surface area contributed by atoms with Gasteiger partial charge >= 0.3 is 0 Å². The molecular weight excluding hydrogens is 490 g/mol. The van der Waals surface area contributed by atoms with Crippen LogP contribution >= 0.6 is 0 Å². The quantitative estimate of drug-likeness (QED) is 0.109. The fourth-order valence-corrected chi connectivity index (χ4v) is 4.38. The van der Waals surface area contributed by atoms with Crippen LogP contribution < -0.4 is 22.1 Å². The Morgan fingerprint density at radius 2 is 1.24 bits per heavy atom. The number of benzene rings is 3. The topological polar surface area (TPSA) is 154 Å². The van der Waals surface area contributed by atoms with E-state index in [2.05, 4.69) is 24.7 Å². The van der Waals surface area contributed by atoms with Crippen LogP contribution in [0.3, 0.4) is 0 Å². The number of nitrogens with one attached hydrogen (secondary N) is 2. The minimum Gasteiger partial charge on any atom is -0.744 e. The molecule has 0 aliphatic rings. The molecule has 3 aromatic carbocycles. The fraction of sp³-hybridized carbons (Fsp3) is 0.333. The lowest BCUT2D eigenvalue weighted by Gasteiger charge is -2.30. The highest BCUT2D eigenvalue weighted by Gasteiger charge is 2.13. The van der Waals surface area contributed by atoms with E-state index in [4.69, 9.17) is 16.6 Å².